The monoisotopic (exact) mass is 261 g/mol. The lowest BCUT2D eigenvalue weighted by Gasteiger charge is -2.24. The van der Waals surface area contributed by atoms with Crippen molar-refractivity contribution in [2.24, 2.45) is 11.3 Å². The SMILES string of the molecule is CCCCOCC(C)CNC(=O)C(C)(CO)CO. The predicted octanol–water partition coefficient (Wildman–Crippen LogP) is 0.546. The first kappa shape index (κ1) is 17.4. The second kappa shape index (κ2) is 9.30. The van der Waals surface area contributed by atoms with Crippen LogP contribution in [0, 0.1) is 11.3 Å². The van der Waals surface area contributed by atoms with Crippen LogP contribution >= 0.6 is 0 Å². The number of aliphatic hydroxyl groups excluding tert-OH is 2. The van der Waals surface area contributed by atoms with Crippen molar-refractivity contribution in [3.8, 4) is 0 Å². The number of carbonyl (C=O) groups is 1. The van der Waals surface area contributed by atoms with Crippen molar-refractivity contribution in [1.29, 1.82) is 0 Å². The molecule has 108 valence electrons. The van der Waals surface area contributed by atoms with Crippen LogP contribution in [0.2, 0.25) is 0 Å². The van der Waals surface area contributed by atoms with Crippen molar-refractivity contribution in [3.63, 3.8) is 0 Å². The average molecular weight is 261 g/mol. The molecule has 0 heterocycles. The van der Waals surface area contributed by atoms with E-state index in [2.05, 4.69) is 12.2 Å². The van der Waals surface area contributed by atoms with Crippen LogP contribution in [0.3, 0.4) is 0 Å². The van der Waals surface area contributed by atoms with Gasteiger partial charge in [-0.15, -0.1) is 0 Å². The van der Waals surface area contributed by atoms with Gasteiger partial charge in [-0.2, -0.15) is 0 Å². The Labute approximate surface area is 110 Å². The lowest BCUT2D eigenvalue weighted by molar-refractivity contribution is -0.135. The van der Waals surface area contributed by atoms with Gasteiger partial charge in [0, 0.05) is 13.2 Å². The maximum Gasteiger partial charge on any atom is 0.230 e. The average Bonchev–Trinajstić information content (AvgIpc) is 2.39. The molecular formula is C13H27NO4. The van der Waals surface area contributed by atoms with Crippen molar-refractivity contribution in [3.05, 3.63) is 0 Å². The van der Waals surface area contributed by atoms with E-state index in [-0.39, 0.29) is 25.0 Å². The van der Waals surface area contributed by atoms with Crippen LogP contribution in [0.15, 0.2) is 0 Å². The van der Waals surface area contributed by atoms with E-state index in [0.29, 0.717) is 13.2 Å². The van der Waals surface area contributed by atoms with Crippen molar-refractivity contribution >= 4 is 5.91 Å². The van der Waals surface area contributed by atoms with Crippen molar-refractivity contribution in [2.75, 3.05) is 33.0 Å². The highest BCUT2D eigenvalue weighted by Gasteiger charge is 2.31. The zero-order valence-electron chi connectivity index (χ0n) is 11.7. The van der Waals surface area contributed by atoms with E-state index in [1.807, 2.05) is 6.92 Å². The molecule has 5 heteroatoms. The fourth-order valence-corrected chi connectivity index (χ4v) is 1.26. The molecule has 0 rings (SSSR count). The molecule has 0 spiro atoms. The summed E-state index contributed by atoms with van der Waals surface area (Å²) < 4.78 is 5.46. The van der Waals surface area contributed by atoms with E-state index >= 15 is 0 Å². The number of nitrogens with one attached hydrogen (secondary N) is 1. The van der Waals surface area contributed by atoms with E-state index in [4.69, 9.17) is 14.9 Å². The molecule has 0 saturated heterocycles. The smallest absolute Gasteiger partial charge is 0.230 e. The summed E-state index contributed by atoms with van der Waals surface area (Å²) in [5.74, 6) is -0.111. The van der Waals surface area contributed by atoms with Gasteiger partial charge in [-0.05, 0) is 19.3 Å². The summed E-state index contributed by atoms with van der Waals surface area (Å²) in [7, 11) is 0. The molecule has 0 aliphatic rings. The molecule has 0 aromatic rings. The number of hydrogen-bond donors (Lipinski definition) is 3. The number of amides is 1. The van der Waals surface area contributed by atoms with Gasteiger partial charge in [0.15, 0.2) is 0 Å². The van der Waals surface area contributed by atoms with Gasteiger partial charge < -0.3 is 20.3 Å². The molecule has 0 aromatic carbocycles. The minimum absolute atomic E-state index is 0.215. The van der Waals surface area contributed by atoms with Gasteiger partial charge >= 0.3 is 0 Å². The first-order valence-corrected chi connectivity index (χ1v) is 6.58. The Morgan fingerprint density at radius 2 is 2.00 bits per heavy atom. The van der Waals surface area contributed by atoms with Crippen LogP contribution in [-0.2, 0) is 9.53 Å². The number of unbranched alkanes of at least 4 members (excludes halogenated alkanes) is 1. The lowest BCUT2D eigenvalue weighted by atomic mass is 9.92. The van der Waals surface area contributed by atoms with Gasteiger partial charge in [0.1, 0.15) is 0 Å². The number of hydrogen-bond acceptors (Lipinski definition) is 4. The van der Waals surface area contributed by atoms with E-state index < -0.39 is 5.41 Å². The van der Waals surface area contributed by atoms with E-state index in [1.165, 1.54) is 6.92 Å². The fraction of sp³-hybridized carbons (Fsp3) is 0.923. The summed E-state index contributed by atoms with van der Waals surface area (Å²) in [6, 6.07) is 0. The zero-order valence-corrected chi connectivity index (χ0v) is 11.7. The van der Waals surface area contributed by atoms with Gasteiger partial charge in [0.05, 0.1) is 25.2 Å². The molecule has 0 aliphatic carbocycles. The molecular weight excluding hydrogens is 234 g/mol. The number of rotatable bonds is 10. The molecule has 3 N–H and O–H groups in total. The van der Waals surface area contributed by atoms with Crippen molar-refractivity contribution in [2.45, 2.75) is 33.6 Å². The summed E-state index contributed by atoms with van der Waals surface area (Å²) in [5, 5.41) is 20.9. The first-order chi connectivity index (χ1) is 8.50. The largest absolute Gasteiger partial charge is 0.395 e. The summed E-state index contributed by atoms with van der Waals surface area (Å²) in [5.41, 5.74) is -1.11. The topological polar surface area (TPSA) is 78.8 Å². The van der Waals surface area contributed by atoms with Gasteiger partial charge in [-0.3, -0.25) is 4.79 Å². The van der Waals surface area contributed by atoms with Crippen LogP contribution in [0.5, 0.6) is 0 Å². The molecule has 0 bridgehead atoms. The molecule has 0 saturated carbocycles. The predicted molar refractivity (Wildman–Crippen MR) is 70.2 cm³/mol. The minimum Gasteiger partial charge on any atom is -0.395 e. The third-order valence-corrected chi connectivity index (χ3v) is 2.90. The Kier molecular flexibility index (Phi) is 8.97. The summed E-state index contributed by atoms with van der Waals surface area (Å²) in [6.07, 6.45) is 2.16. The Morgan fingerprint density at radius 1 is 1.39 bits per heavy atom. The second-order valence-corrected chi connectivity index (χ2v) is 5.12. The van der Waals surface area contributed by atoms with Crippen molar-refractivity contribution in [1.82, 2.24) is 5.32 Å². The number of ether oxygens (including phenoxy) is 1. The Hall–Kier alpha value is -0.650. The minimum atomic E-state index is -1.11. The molecule has 18 heavy (non-hydrogen) atoms. The maximum atomic E-state index is 11.7. The highest BCUT2D eigenvalue weighted by atomic mass is 16.5. The first-order valence-electron chi connectivity index (χ1n) is 6.58. The zero-order chi connectivity index (χ0) is 14.0. The van der Waals surface area contributed by atoms with E-state index in [0.717, 1.165) is 19.4 Å². The van der Waals surface area contributed by atoms with Crippen LogP contribution in [0.4, 0.5) is 0 Å². The normalized spacial score (nSPS) is 13.4. The molecule has 1 atom stereocenters. The lowest BCUT2D eigenvalue weighted by Crippen LogP contribution is -2.45. The summed E-state index contributed by atoms with van der Waals surface area (Å²) >= 11 is 0. The highest BCUT2D eigenvalue weighted by molar-refractivity contribution is 5.82. The van der Waals surface area contributed by atoms with Gasteiger partial charge in [-0.1, -0.05) is 20.3 Å². The van der Waals surface area contributed by atoms with Crippen molar-refractivity contribution < 1.29 is 19.7 Å². The van der Waals surface area contributed by atoms with Crippen LogP contribution in [0.25, 0.3) is 0 Å². The quantitative estimate of drug-likeness (QED) is 0.502. The molecule has 1 unspecified atom stereocenters. The standard InChI is InChI=1S/C13H27NO4/c1-4-5-6-18-8-11(2)7-14-12(17)13(3,9-15)10-16/h11,15-16H,4-10H2,1-3H3,(H,14,17). The van der Waals surface area contributed by atoms with E-state index in [1.54, 1.807) is 0 Å². The second-order valence-electron chi connectivity index (χ2n) is 5.12. The number of aliphatic hydroxyl groups is 2. The van der Waals surface area contributed by atoms with E-state index in [9.17, 15) is 4.79 Å². The molecule has 5 nitrogen and oxygen atoms in total. The van der Waals surface area contributed by atoms with Gasteiger partial charge in [-0.25, -0.2) is 0 Å². The Morgan fingerprint density at radius 3 is 2.50 bits per heavy atom. The van der Waals surface area contributed by atoms with Gasteiger partial charge in [0.2, 0.25) is 5.91 Å². The highest BCUT2D eigenvalue weighted by Crippen LogP contribution is 2.14. The third kappa shape index (κ3) is 6.33. The van der Waals surface area contributed by atoms with Crippen LogP contribution in [0.1, 0.15) is 33.6 Å². The fourth-order valence-electron chi connectivity index (χ4n) is 1.26. The van der Waals surface area contributed by atoms with Gasteiger partial charge in [0.25, 0.3) is 0 Å². The summed E-state index contributed by atoms with van der Waals surface area (Å²) in [6.45, 7) is 6.74. The molecule has 0 aromatic heterocycles. The van der Waals surface area contributed by atoms with Crippen LogP contribution < -0.4 is 5.32 Å². The molecule has 0 radical (unpaired) electrons. The molecule has 1 amide bonds. The Bertz CT molecular complexity index is 229. The summed E-state index contributed by atoms with van der Waals surface area (Å²) in [4.78, 5) is 11.7. The third-order valence-electron chi connectivity index (χ3n) is 2.90. The van der Waals surface area contributed by atoms with Crippen LogP contribution in [-0.4, -0.2) is 49.1 Å². The number of carbonyl (C=O) groups excluding carboxylic acids is 1. The Balaban J connectivity index is 3.84. The molecule has 0 fully saturated rings. The maximum absolute atomic E-state index is 11.7. The molecule has 0 aliphatic heterocycles.